The maximum Gasteiger partial charge on any atom is 0.500 e. The molecule has 2 N–H and O–H groups in total. The Morgan fingerprint density at radius 1 is 0.696 bits per heavy atom. The summed E-state index contributed by atoms with van der Waals surface area (Å²) in [6.07, 6.45) is 3.00. The second-order valence-electron chi connectivity index (χ2n) is 12.7. The van der Waals surface area contributed by atoms with Crippen LogP contribution in [0, 0.1) is 0 Å². The Kier molecular flexibility index (Phi) is 21.2. The van der Waals surface area contributed by atoms with E-state index in [1.807, 2.05) is 14.2 Å². The molecule has 0 radical (unpaired) electrons. The van der Waals surface area contributed by atoms with Gasteiger partial charge in [0.1, 0.15) is 0 Å². The van der Waals surface area contributed by atoms with Crippen molar-refractivity contribution in [1.29, 1.82) is 0 Å². The summed E-state index contributed by atoms with van der Waals surface area (Å²) >= 11 is 0. The Balaban J connectivity index is 3.19. The van der Waals surface area contributed by atoms with Gasteiger partial charge in [0, 0.05) is 80.3 Å². The fraction of sp³-hybridized carbons (Fsp3) is 0.800. The highest BCUT2D eigenvalue weighted by molar-refractivity contribution is 6.76. The molecule has 0 saturated carbocycles. The van der Waals surface area contributed by atoms with Crippen molar-refractivity contribution in [2.75, 3.05) is 70.0 Å². The molecule has 1 aromatic carbocycles. The molecule has 270 valence electrons. The molecule has 0 aliphatic heterocycles. The van der Waals surface area contributed by atoms with E-state index in [0.717, 1.165) is 44.4 Å². The molecule has 0 aliphatic carbocycles. The lowest BCUT2D eigenvalue weighted by molar-refractivity contribution is 0.122. The molecule has 46 heavy (non-hydrogen) atoms. The standard InChI is InChI=1S/C30H68N2O8Si6/c1-25(44(14,33-2)34-3)26-17-18-28(42(10)11)27(29(26)43(12)13)19-22-41-30(31-20-15-23-45(35-4,36-5)37-6)32-21-16-24-46(38-7,39-8)40-9/h17-18,25,30-32,42-43H,15-16,19-24,41H2,1-14H3. The number of rotatable bonds is 26. The third-order valence-corrected chi connectivity index (χ3v) is 24.3. The minimum absolute atomic E-state index is 0.270. The van der Waals surface area contributed by atoms with Gasteiger partial charge in [0.2, 0.25) is 0 Å². The molecule has 0 aliphatic rings. The second-order valence-corrected chi connectivity index (χ2v) is 30.6. The monoisotopic (exact) mass is 752 g/mol. The molecular weight excluding hydrogens is 685 g/mol. The van der Waals surface area contributed by atoms with E-state index in [1.54, 1.807) is 58.6 Å². The summed E-state index contributed by atoms with van der Waals surface area (Å²) in [4.78, 5) is 0. The SMILES string of the molecule is CO[Si](CCCNC(NCCC[Si](OC)(OC)OC)[SiH2]CCc1c([SiH](C)C)ccc(C(C)[Si](C)(OC)OC)c1[SiH](C)C)(OC)OC. The van der Waals surface area contributed by atoms with E-state index in [1.165, 1.54) is 11.6 Å². The average molecular weight is 753 g/mol. The van der Waals surface area contributed by atoms with Gasteiger partial charge in [-0.3, -0.25) is 0 Å². The fourth-order valence-corrected chi connectivity index (χ4v) is 17.1. The normalized spacial score (nSPS) is 14.1. The van der Waals surface area contributed by atoms with Crippen molar-refractivity contribution in [3.05, 3.63) is 23.3 Å². The quantitative estimate of drug-likeness (QED) is 0.0834. The molecule has 0 saturated heterocycles. The van der Waals surface area contributed by atoms with Gasteiger partial charge in [-0.15, -0.1) is 0 Å². The number of hydrogen-bond donors (Lipinski definition) is 2. The summed E-state index contributed by atoms with van der Waals surface area (Å²) in [7, 11) is 3.51. The van der Waals surface area contributed by atoms with Crippen molar-refractivity contribution in [1.82, 2.24) is 10.6 Å². The lowest BCUT2D eigenvalue weighted by atomic mass is 10.1. The first kappa shape index (κ1) is 44.1. The van der Waals surface area contributed by atoms with Crippen LogP contribution in [0.2, 0.25) is 50.9 Å². The van der Waals surface area contributed by atoms with Crippen LogP contribution in [0.3, 0.4) is 0 Å². The van der Waals surface area contributed by atoms with Crippen molar-refractivity contribution >= 4 is 63.7 Å². The molecule has 0 bridgehead atoms. The predicted molar refractivity (Wildman–Crippen MR) is 207 cm³/mol. The maximum atomic E-state index is 6.04. The molecular formula is C30H68N2O8Si6. The second kappa shape index (κ2) is 22.0. The summed E-state index contributed by atoms with van der Waals surface area (Å²) in [6.45, 7) is 16.2. The predicted octanol–water partition coefficient (Wildman–Crippen LogP) is 2.21. The van der Waals surface area contributed by atoms with E-state index < -0.39 is 53.3 Å². The maximum absolute atomic E-state index is 6.04. The zero-order valence-electron chi connectivity index (χ0n) is 31.6. The van der Waals surface area contributed by atoms with Crippen LogP contribution in [-0.2, 0) is 41.8 Å². The third-order valence-electron chi connectivity index (χ3n) is 9.58. The molecule has 0 fully saturated rings. The number of hydrogen-bond acceptors (Lipinski definition) is 10. The highest BCUT2D eigenvalue weighted by atomic mass is 28.4. The molecule has 0 aromatic heterocycles. The van der Waals surface area contributed by atoms with E-state index in [9.17, 15) is 0 Å². The Morgan fingerprint density at radius 3 is 1.52 bits per heavy atom. The van der Waals surface area contributed by atoms with Crippen molar-refractivity contribution < 1.29 is 35.4 Å². The highest BCUT2D eigenvalue weighted by Gasteiger charge is 2.40. The van der Waals surface area contributed by atoms with Crippen molar-refractivity contribution in [2.45, 2.75) is 88.4 Å². The van der Waals surface area contributed by atoms with Crippen LogP contribution in [0.5, 0.6) is 0 Å². The fourth-order valence-electron chi connectivity index (χ4n) is 6.33. The van der Waals surface area contributed by atoms with Gasteiger partial charge in [-0.2, -0.15) is 0 Å². The molecule has 1 unspecified atom stereocenters. The number of benzene rings is 1. The molecule has 0 spiro atoms. The van der Waals surface area contributed by atoms with E-state index in [0.29, 0.717) is 5.79 Å². The van der Waals surface area contributed by atoms with E-state index in [2.05, 4.69) is 62.4 Å². The summed E-state index contributed by atoms with van der Waals surface area (Å²) in [6, 6.07) is 7.65. The Morgan fingerprint density at radius 2 is 1.15 bits per heavy atom. The van der Waals surface area contributed by atoms with Gasteiger partial charge in [-0.25, -0.2) is 0 Å². The average Bonchev–Trinajstić information content (AvgIpc) is 3.07. The zero-order chi connectivity index (χ0) is 35.0. The summed E-state index contributed by atoms with van der Waals surface area (Å²) in [5.41, 5.74) is 3.38. The van der Waals surface area contributed by atoms with Crippen LogP contribution in [0.25, 0.3) is 0 Å². The highest BCUT2D eigenvalue weighted by Crippen LogP contribution is 2.28. The van der Waals surface area contributed by atoms with Crippen molar-refractivity contribution in [2.24, 2.45) is 0 Å². The van der Waals surface area contributed by atoms with Gasteiger partial charge in [0.15, 0.2) is 0 Å². The molecule has 0 heterocycles. The minimum Gasteiger partial charge on any atom is -0.397 e. The van der Waals surface area contributed by atoms with E-state index >= 15 is 0 Å². The molecule has 1 atom stereocenters. The van der Waals surface area contributed by atoms with Gasteiger partial charge in [0.05, 0.1) is 27.1 Å². The molecule has 16 heteroatoms. The summed E-state index contributed by atoms with van der Waals surface area (Å²) in [5.74, 6) is 0.312. The lowest BCUT2D eigenvalue weighted by Crippen LogP contribution is -2.50. The van der Waals surface area contributed by atoms with Gasteiger partial charge < -0.3 is 46.0 Å². The van der Waals surface area contributed by atoms with Crippen LogP contribution in [0.4, 0.5) is 0 Å². The largest absolute Gasteiger partial charge is 0.500 e. The van der Waals surface area contributed by atoms with E-state index in [4.69, 9.17) is 35.4 Å². The van der Waals surface area contributed by atoms with Crippen molar-refractivity contribution in [3.8, 4) is 0 Å². The molecule has 1 rings (SSSR count). The van der Waals surface area contributed by atoms with Crippen LogP contribution < -0.4 is 21.0 Å². The van der Waals surface area contributed by atoms with Gasteiger partial charge >= 0.3 is 26.2 Å². The molecule has 0 amide bonds. The first-order valence-electron chi connectivity index (χ1n) is 16.9. The van der Waals surface area contributed by atoms with Gasteiger partial charge in [-0.1, -0.05) is 67.2 Å². The summed E-state index contributed by atoms with van der Waals surface area (Å²) in [5, 5.41) is 11.0. The molecule has 10 nitrogen and oxygen atoms in total. The number of nitrogens with one attached hydrogen (secondary N) is 2. The Hall–Kier alpha value is 0.121. The van der Waals surface area contributed by atoms with Crippen LogP contribution in [0.1, 0.15) is 36.4 Å². The lowest BCUT2D eigenvalue weighted by Gasteiger charge is -2.33. The van der Waals surface area contributed by atoms with Crippen molar-refractivity contribution in [3.63, 3.8) is 0 Å². The van der Waals surface area contributed by atoms with Crippen LogP contribution >= 0.6 is 0 Å². The van der Waals surface area contributed by atoms with Gasteiger partial charge in [-0.05, 0) is 44.5 Å². The zero-order valence-corrected chi connectivity index (χ0v) is 38.3. The minimum atomic E-state index is -2.59. The first-order chi connectivity index (χ1) is 21.8. The summed E-state index contributed by atoms with van der Waals surface area (Å²) < 4.78 is 45.9. The van der Waals surface area contributed by atoms with E-state index in [-0.39, 0.29) is 5.54 Å². The van der Waals surface area contributed by atoms with Gasteiger partial charge in [0.25, 0.3) is 0 Å². The molecule has 1 aromatic rings. The Labute approximate surface area is 290 Å². The third kappa shape index (κ3) is 12.5. The van der Waals surface area contributed by atoms with Crippen LogP contribution in [0.15, 0.2) is 12.1 Å². The van der Waals surface area contributed by atoms with Crippen LogP contribution in [-0.4, -0.2) is 129 Å². The first-order valence-corrected chi connectivity index (χ1v) is 30.7. The Bertz CT molecular complexity index is 940. The topological polar surface area (TPSA) is 97.9 Å². The smallest absolute Gasteiger partial charge is 0.397 e.